The van der Waals surface area contributed by atoms with Gasteiger partial charge in [-0.2, -0.15) is 0 Å². The highest BCUT2D eigenvalue weighted by Crippen LogP contribution is 2.29. The summed E-state index contributed by atoms with van der Waals surface area (Å²) in [6.45, 7) is 5.04. The number of nitrogen functional groups attached to an aromatic ring is 1. The first-order valence-electron chi connectivity index (χ1n) is 5.87. The molecule has 1 aromatic carbocycles. The van der Waals surface area contributed by atoms with Crippen LogP contribution in [0.3, 0.4) is 0 Å². The SMILES string of the molecule is CCN(CC(=O)N(C)C)c1cc(Cl)c(N)cc1C. The number of nitrogens with two attached hydrogens (primary N) is 1. The first-order chi connectivity index (χ1) is 8.36. The van der Waals surface area contributed by atoms with Crippen molar-refractivity contribution in [3.05, 3.63) is 22.7 Å². The zero-order valence-electron chi connectivity index (χ0n) is 11.3. The van der Waals surface area contributed by atoms with Crippen LogP contribution < -0.4 is 10.6 Å². The minimum Gasteiger partial charge on any atom is -0.398 e. The summed E-state index contributed by atoms with van der Waals surface area (Å²) in [6.07, 6.45) is 0. The summed E-state index contributed by atoms with van der Waals surface area (Å²) in [5.74, 6) is 0.0594. The number of likely N-dealkylation sites (N-methyl/N-ethyl adjacent to an activating group) is 2. The van der Waals surface area contributed by atoms with Crippen molar-refractivity contribution < 1.29 is 4.79 Å². The molecule has 1 aromatic rings. The van der Waals surface area contributed by atoms with Crippen LogP contribution in [0.15, 0.2) is 12.1 Å². The minimum atomic E-state index is 0.0594. The van der Waals surface area contributed by atoms with Crippen molar-refractivity contribution in [1.29, 1.82) is 0 Å². The lowest BCUT2D eigenvalue weighted by Gasteiger charge is -2.26. The molecule has 0 saturated carbocycles. The number of carbonyl (C=O) groups excluding carboxylic acids is 1. The highest BCUT2D eigenvalue weighted by molar-refractivity contribution is 6.33. The summed E-state index contributed by atoms with van der Waals surface area (Å²) in [6, 6.07) is 3.65. The van der Waals surface area contributed by atoms with Crippen molar-refractivity contribution >= 4 is 28.9 Å². The summed E-state index contributed by atoms with van der Waals surface area (Å²) in [4.78, 5) is 15.3. The summed E-state index contributed by atoms with van der Waals surface area (Å²) >= 11 is 6.04. The molecule has 2 N–H and O–H groups in total. The normalized spacial score (nSPS) is 10.3. The van der Waals surface area contributed by atoms with Crippen molar-refractivity contribution in [2.24, 2.45) is 0 Å². The summed E-state index contributed by atoms with van der Waals surface area (Å²) in [5.41, 5.74) is 8.29. The molecule has 4 nitrogen and oxygen atoms in total. The second-order valence-corrected chi connectivity index (χ2v) is 4.87. The predicted molar refractivity (Wildman–Crippen MR) is 77.2 cm³/mol. The second kappa shape index (κ2) is 5.96. The van der Waals surface area contributed by atoms with Crippen LogP contribution in [0, 0.1) is 6.92 Å². The third-order valence-corrected chi connectivity index (χ3v) is 3.19. The fraction of sp³-hybridized carbons (Fsp3) is 0.462. The van der Waals surface area contributed by atoms with Crippen molar-refractivity contribution in [3.8, 4) is 0 Å². The number of rotatable bonds is 4. The Balaban J connectivity index is 3.02. The van der Waals surface area contributed by atoms with Crippen molar-refractivity contribution in [2.75, 3.05) is 37.8 Å². The molecule has 0 atom stereocenters. The van der Waals surface area contributed by atoms with Gasteiger partial charge in [0.05, 0.1) is 17.3 Å². The Labute approximate surface area is 113 Å². The number of hydrogen-bond donors (Lipinski definition) is 1. The fourth-order valence-corrected chi connectivity index (χ4v) is 1.86. The van der Waals surface area contributed by atoms with Crippen LogP contribution in [0.2, 0.25) is 5.02 Å². The van der Waals surface area contributed by atoms with Crippen molar-refractivity contribution in [3.63, 3.8) is 0 Å². The van der Waals surface area contributed by atoms with E-state index in [9.17, 15) is 4.79 Å². The van der Waals surface area contributed by atoms with Crippen LogP contribution in [0.4, 0.5) is 11.4 Å². The molecule has 100 valence electrons. The van der Waals surface area contributed by atoms with Crippen LogP contribution in [-0.2, 0) is 4.79 Å². The summed E-state index contributed by atoms with van der Waals surface area (Å²) < 4.78 is 0. The van der Waals surface area contributed by atoms with Crippen LogP contribution in [0.25, 0.3) is 0 Å². The van der Waals surface area contributed by atoms with E-state index in [0.29, 0.717) is 17.3 Å². The van der Waals surface area contributed by atoms with Gasteiger partial charge in [0, 0.05) is 26.3 Å². The number of carbonyl (C=O) groups is 1. The van der Waals surface area contributed by atoms with E-state index in [-0.39, 0.29) is 5.91 Å². The largest absolute Gasteiger partial charge is 0.398 e. The third-order valence-electron chi connectivity index (χ3n) is 2.86. The molecule has 0 heterocycles. The molecule has 0 fully saturated rings. The van der Waals surface area contributed by atoms with Crippen LogP contribution in [0.1, 0.15) is 12.5 Å². The summed E-state index contributed by atoms with van der Waals surface area (Å²) in [7, 11) is 3.50. The van der Waals surface area contributed by atoms with E-state index < -0.39 is 0 Å². The highest BCUT2D eigenvalue weighted by Gasteiger charge is 2.14. The smallest absolute Gasteiger partial charge is 0.241 e. The maximum absolute atomic E-state index is 11.8. The molecule has 18 heavy (non-hydrogen) atoms. The van der Waals surface area contributed by atoms with Gasteiger partial charge in [-0.15, -0.1) is 0 Å². The van der Waals surface area contributed by atoms with Gasteiger partial charge >= 0.3 is 0 Å². The standard InChI is InChI=1S/C13H20ClN3O/c1-5-17(8-13(18)16(3)4)12-7-10(14)11(15)6-9(12)2/h6-7H,5,8,15H2,1-4H3. The van der Waals surface area contributed by atoms with E-state index in [4.69, 9.17) is 17.3 Å². The molecule has 1 amide bonds. The lowest BCUT2D eigenvalue weighted by molar-refractivity contribution is -0.127. The molecule has 0 radical (unpaired) electrons. The number of halogens is 1. The number of amides is 1. The van der Waals surface area contributed by atoms with E-state index in [0.717, 1.165) is 17.8 Å². The number of nitrogens with zero attached hydrogens (tertiary/aromatic N) is 2. The topological polar surface area (TPSA) is 49.6 Å². The Morgan fingerprint density at radius 3 is 2.50 bits per heavy atom. The number of anilines is 2. The molecule has 0 unspecified atom stereocenters. The molecular weight excluding hydrogens is 250 g/mol. The lowest BCUT2D eigenvalue weighted by Crippen LogP contribution is -2.36. The minimum absolute atomic E-state index is 0.0594. The van der Waals surface area contributed by atoms with E-state index >= 15 is 0 Å². The van der Waals surface area contributed by atoms with E-state index in [1.54, 1.807) is 19.0 Å². The quantitative estimate of drug-likeness (QED) is 0.852. The Morgan fingerprint density at radius 2 is 2.00 bits per heavy atom. The number of benzene rings is 1. The molecule has 0 saturated heterocycles. The molecule has 0 aliphatic carbocycles. The Morgan fingerprint density at radius 1 is 1.39 bits per heavy atom. The zero-order valence-corrected chi connectivity index (χ0v) is 12.1. The first-order valence-corrected chi connectivity index (χ1v) is 6.25. The molecule has 0 aliphatic heterocycles. The van der Waals surface area contributed by atoms with E-state index in [1.165, 1.54) is 0 Å². The average Bonchev–Trinajstić information content (AvgIpc) is 2.30. The molecule has 0 aliphatic rings. The van der Waals surface area contributed by atoms with Crippen molar-refractivity contribution in [1.82, 2.24) is 4.90 Å². The molecule has 0 spiro atoms. The third kappa shape index (κ3) is 3.29. The van der Waals surface area contributed by atoms with Gasteiger partial charge in [0.1, 0.15) is 0 Å². The van der Waals surface area contributed by atoms with Gasteiger partial charge in [-0.1, -0.05) is 11.6 Å². The maximum atomic E-state index is 11.8. The predicted octanol–water partition coefficient (Wildman–Crippen LogP) is 2.15. The van der Waals surface area contributed by atoms with Crippen LogP contribution in [-0.4, -0.2) is 38.0 Å². The van der Waals surface area contributed by atoms with Crippen LogP contribution in [0.5, 0.6) is 0 Å². The molecule has 0 bridgehead atoms. The van der Waals surface area contributed by atoms with Crippen molar-refractivity contribution in [2.45, 2.75) is 13.8 Å². The molecule has 0 aromatic heterocycles. The summed E-state index contributed by atoms with van der Waals surface area (Å²) in [5, 5.41) is 0.520. The van der Waals surface area contributed by atoms with Gasteiger partial charge in [0.15, 0.2) is 0 Å². The second-order valence-electron chi connectivity index (χ2n) is 4.46. The molecule has 1 rings (SSSR count). The first kappa shape index (κ1) is 14.6. The zero-order chi connectivity index (χ0) is 13.9. The fourth-order valence-electron chi connectivity index (χ4n) is 1.71. The van der Waals surface area contributed by atoms with E-state index in [2.05, 4.69) is 0 Å². The molecule has 5 heteroatoms. The monoisotopic (exact) mass is 269 g/mol. The molecular formula is C13H20ClN3O. The van der Waals surface area contributed by atoms with Gasteiger partial charge in [0.25, 0.3) is 0 Å². The van der Waals surface area contributed by atoms with Gasteiger partial charge in [-0.25, -0.2) is 0 Å². The van der Waals surface area contributed by atoms with Gasteiger partial charge in [0.2, 0.25) is 5.91 Å². The van der Waals surface area contributed by atoms with Gasteiger partial charge in [-0.05, 0) is 31.5 Å². The average molecular weight is 270 g/mol. The van der Waals surface area contributed by atoms with E-state index in [1.807, 2.05) is 30.9 Å². The van der Waals surface area contributed by atoms with Crippen LogP contribution >= 0.6 is 11.6 Å². The Bertz CT molecular complexity index is 446. The Hall–Kier alpha value is -1.42. The van der Waals surface area contributed by atoms with Gasteiger partial charge < -0.3 is 15.5 Å². The maximum Gasteiger partial charge on any atom is 0.241 e. The van der Waals surface area contributed by atoms with Gasteiger partial charge in [-0.3, -0.25) is 4.79 Å². The number of aryl methyl sites for hydroxylation is 1. The highest BCUT2D eigenvalue weighted by atomic mass is 35.5. The lowest BCUT2D eigenvalue weighted by atomic mass is 10.1. The number of hydrogen-bond acceptors (Lipinski definition) is 3. The Kier molecular flexibility index (Phi) is 4.84.